The smallest absolute Gasteiger partial charge is 0.269 e. The van der Waals surface area contributed by atoms with E-state index >= 15 is 0 Å². The van der Waals surface area contributed by atoms with Crippen LogP contribution in [-0.4, -0.2) is 42.3 Å². The molecule has 3 rings (SSSR count). The van der Waals surface area contributed by atoms with Crippen LogP contribution in [0.2, 0.25) is 0 Å². The van der Waals surface area contributed by atoms with Crippen molar-refractivity contribution in [2.75, 3.05) is 25.5 Å². The summed E-state index contributed by atoms with van der Waals surface area (Å²) in [5.74, 6) is 0.0135. The molecule has 1 aromatic heterocycles. The number of nitrogens with one attached hydrogen (secondary N) is 1. The molecule has 0 aliphatic carbocycles. The van der Waals surface area contributed by atoms with Crippen molar-refractivity contribution in [2.45, 2.75) is 13.3 Å². The molecule has 0 radical (unpaired) electrons. The summed E-state index contributed by atoms with van der Waals surface area (Å²) in [6.45, 7) is 2.29. The van der Waals surface area contributed by atoms with Crippen LogP contribution < -0.4 is 4.90 Å². The number of carbonyl (C=O) groups is 2. The lowest BCUT2D eigenvalue weighted by Crippen LogP contribution is -2.25. The Kier molecular flexibility index (Phi) is 2.78. The number of aromatic amines is 1. The number of rotatable bonds is 1. The molecule has 1 N–H and O–H groups in total. The first-order valence-electron chi connectivity index (χ1n) is 6.63. The summed E-state index contributed by atoms with van der Waals surface area (Å²) < 4.78 is 0. The van der Waals surface area contributed by atoms with Gasteiger partial charge >= 0.3 is 0 Å². The van der Waals surface area contributed by atoms with Gasteiger partial charge in [-0.1, -0.05) is 0 Å². The monoisotopic (exact) mass is 271 g/mol. The van der Waals surface area contributed by atoms with Gasteiger partial charge in [0.25, 0.3) is 5.91 Å². The number of anilines is 1. The lowest BCUT2D eigenvalue weighted by molar-refractivity contribution is -0.116. The highest BCUT2D eigenvalue weighted by molar-refractivity contribution is 6.03. The van der Waals surface area contributed by atoms with Gasteiger partial charge in [-0.3, -0.25) is 9.59 Å². The highest BCUT2D eigenvalue weighted by Gasteiger charge is 2.25. The number of carbonyl (C=O) groups excluding carboxylic acids is 2. The van der Waals surface area contributed by atoms with Gasteiger partial charge in [0, 0.05) is 44.2 Å². The predicted molar refractivity (Wildman–Crippen MR) is 78.0 cm³/mol. The molecule has 0 spiro atoms. The minimum Gasteiger partial charge on any atom is -0.351 e. The molecule has 1 aliphatic rings. The Morgan fingerprint density at radius 3 is 2.70 bits per heavy atom. The number of amides is 2. The molecule has 2 heterocycles. The number of hydrogen-bond acceptors (Lipinski definition) is 2. The van der Waals surface area contributed by atoms with Gasteiger partial charge < -0.3 is 14.8 Å². The third kappa shape index (κ3) is 1.78. The number of benzene rings is 1. The Labute approximate surface area is 117 Å². The van der Waals surface area contributed by atoms with E-state index in [2.05, 4.69) is 4.98 Å². The van der Waals surface area contributed by atoms with E-state index in [-0.39, 0.29) is 11.8 Å². The first kappa shape index (κ1) is 12.7. The summed E-state index contributed by atoms with van der Waals surface area (Å²) in [6, 6.07) is 5.77. The molecule has 20 heavy (non-hydrogen) atoms. The van der Waals surface area contributed by atoms with E-state index < -0.39 is 0 Å². The number of H-pyrrole nitrogens is 1. The lowest BCUT2D eigenvalue weighted by Gasteiger charge is -2.14. The lowest BCUT2D eigenvalue weighted by atomic mass is 10.1. The minimum atomic E-state index is -0.0450. The third-order valence-corrected chi connectivity index (χ3v) is 3.78. The zero-order valence-electron chi connectivity index (χ0n) is 11.9. The molecule has 2 amide bonds. The van der Waals surface area contributed by atoms with Crippen LogP contribution in [0.1, 0.15) is 23.0 Å². The van der Waals surface area contributed by atoms with Gasteiger partial charge in [-0.15, -0.1) is 0 Å². The second kappa shape index (κ2) is 4.37. The van der Waals surface area contributed by atoms with Crippen LogP contribution in [0, 0.1) is 0 Å². The van der Waals surface area contributed by atoms with Crippen molar-refractivity contribution >= 4 is 28.4 Å². The fourth-order valence-electron chi connectivity index (χ4n) is 2.80. The van der Waals surface area contributed by atoms with Gasteiger partial charge in [-0.25, -0.2) is 0 Å². The van der Waals surface area contributed by atoms with Crippen LogP contribution in [0.15, 0.2) is 18.2 Å². The summed E-state index contributed by atoms with van der Waals surface area (Å²) in [5, 5.41) is 1.04. The van der Waals surface area contributed by atoms with Crippen molar-refractivity contribution in [3.8, 4) is 0 Å². The largest absolute Gasteiger partial charge is 0.351 e. The average molecular weight is 271 g/mol. The third-order valence-electron chi connectivity index (χ3n) is 3.78. The molecule has 0 saturated heterocycles. The highest BCUT2D eigenvalue weighted by atomic mass is 16.2. The second-order valence-electron chi connectivity index (χ2n) is 5.33. The zero-order chi connectivity index (χ0) is 14.4. The number of fused-ring (bicyclic) bond motifs is 3. The normalized spacial score (nSPS) is 13.7. The van der Waals surface area contributed by atoms with Crippen LogP contribution in [-0.2, 0) is 11.2 Å². The van der Waals surface area contributed by atoms with Gasteiger partial charge in [-0.05, 0) is 30.2 Å². The fraction of sp³-hybridized carbons (Fsp3) is 0.333. The molecular weight excluding hydrogens is 254 g/mol. The maximum absolute atomic E-state index is 12.0. The predicted octanol–water partition coefficient (Wildman–Crippen LogP) is 1.78. The van der Waals surface area contributed by atoms with Gasteiger partial charge in [0.2, 0.25) is 5.91 Å². The van der Waals surface area contributed by atoms with E-state index in [1.807, 2.05) is 18.2 Å². The van der Waals surface area contributed by atoms with Crippen LogP contribution in [0.5, 0.6) is 0 Å². The first-order valence-corrected chi connectivity index (χ1v) is 6.63. The van der Waals surface area contributed by atoms with Crippen LogP contribution in [0.4, 0.5) is 5.69 Å². The molecule has 1 aliphatic heterocycles. The van der Waals surface area contributed by atoms with E-state index in [0.29, 0.717) is 12.2 Å². The second-order valence-corrected chi connectivity index (χ2v) is 5.33. The Balaban J connectivity index is 2.13. The van der Waals surface area contributed by atoms with E-state index in [4.69, 9.17) is 0 Å². The van der Waals surface area contributed by atoms with E-state index in [0.717, 1.165) is 28.6 Å². The van der Waals surface area contributed by atoms with E-state index in [9.17, 15) is 9.59 Å². The number of aromatic nitrogens is 1. The van der Waals surface area contributed by atoms with Crippen LogP contribution in [0.25, 0.3) is 10.9 Å². The average Bonchev–Trinajstić information content (AvgIpc) is 3.00. The zero-order valence-corrected chi connectivity index (χ0v) is 11.9. The SMILES string of the molecule is CC(=O)N1CCc2c1ccc1[nH]c(C(=O)N(C)C)cc21. The summed E-state index contributed by atoms with van der Waals surface area (Å²) in [6.07, 6.45) is 0.833. The van der Waals surface area contributed by atoms with Crippen LogP contribution >= 0.6 is 0 Å². The molecule has 2 aromatic rings. The first-order chi connectivity index (χ1) is 9.49. The number of hydrogen-bond donors (Lipinski definition) is 1. The molecule has 5 nitrogen and oxygen atoms in total. The summed E-state index contributed by atoms with van der Waals surface area (Å²) in [5.41, 5.74) is 3.64. The maximum atomic E-state index is 12.0. The van der Waals surface area contributed by atoms with Crippen molar-refractivity contribution in [1.29, 1.82) is 0 Å². The van der Waals surface area contributed by atoms with Crippen molar-refractivity contribution in [3.05, 3.63) is 29.5 Å². The molecule has 0 atom stereocenters. The van der Waals surface area contributed by atoms with Crippen LogP contribution in [0.3, 0.4) is 0 Å². The van der Waals surface area contributed by atoms with Crippen molar-refractivity contribution in [2.24, 2.45) is 0 Å². The summed E-state index contributed by atoms with van der Waals surface area (Å²) >= 11 is 0. The Hall–Kier alpha value is -2.30. The molecular formula is C15H17N3O2. The van der Waals surface area contributed by atoms with Gasteiger partial charge in [0.05, 0.1) is 0 Å². The molecule has 0 bridgehead atoms. The van der Waals surface area contributed by atoms with E-state index in [1.165, 1.54) is 0 Å². The standard InChI is InChI=1S/C15H17N3O2/c1-9(19)18-7-6-10-11-8-13(15(20)17(2)3)16-12(11)4-5-14(10)18/h4-5,8,16H,6-7H2,1-3H3. The van der Waals surface area contributed by atoms with Gasteiger partial charge in [-0.2, -0.15) is 0 Å². The van der Waals surface area contributed by atoms with Crippen molar-refractivity contribution < 1.29 is 9.59 Å². The van der Waals surface area contributed by atoms with Gasteiger partial charge in [0.15, 0.2) is 0 Å². The molecule has 5 heteroatoms. The fourth-order valence-corrected chi connectivity index (χ4v) is 2.80. The Morgan fingerprint density at radius 2 is 2.05 bits per heavy atom. The molecule has 1 aromatic carbocycles. The maximum Gasteiger partial charge on any atom is 0.269 e. The highest BCUT2D eigenvalue weighted by Crippen LogP contribution is 2.34. The van der Waals surface area contributed by atoms with E-state index in [1.54, 1.807) is 30.8 Å². The molecule has 0 fully saturated rings. The quantitative estimate of drug-likeness (QED) is 0.859. The van der Waals surface area contributed by atoms with Gasteiger partial charge in [0.1, 0.15) is 5.69 Å². The van der Waals surface area contributed by atoms with Crippen molar-refractivity contribution in [1.82, 2.24) is 9.88 Å². The van der Waals surface area contributed by atoms with Crippen molar-refractivity contribution in [3.63, 3.8) is 0 Å². The Morgan fingerprint density at radius 1 is 1.30 bits per heavy atom. The summed E-state index contributed by atoms with van der Waals surface area (Å²) in [4.78, 5) is 30.1. The minimum absolute atomic E-state index is 0.0450. The molecule has 0 unspecified atom stereocenters. The summed E-state index contributed by atoms with van der Waals surface area (Å²) in [7, 11) is 3.46. The molecule has 104 valence electrons. The molecule has 0 saturated carbocycles. The topological polar surface area (TPSA) is 56.4 Å². The Bertz CT molecular complexity index is 715. The number of nitrogens with zero attached hydrogens (tertiary/aromatic N) is 2.